The molecule has 0 spiro atoms. The molecule has 2 aromatic rings. The average Bonchev–Trinajstić information content (AvgIpc) is 2.99. The fourth-order valence-electron chi connectivity index (χ4n) is 2.21. The summed E-state index contributed by atoms with van der Waals surface area (Å²) < 4.78 is 5.45. The van der Waals surface area contributed by atoms with E-state index in [4.69, 9.17) is 4.74 Å². The van der Waals surface area contributed by atoms with Gasteiger partial charge in [0.1, 0.15) is 5.82 Å². The third-order valence-electron chi connectivity index (χ3n) is 3.17. The maximum atomic E-state index is 5.45. The van der Waals surface area contributed by atoms with Crippen molar-refractivity contribution in [1.82, 2.24) is 15.3 Å². The number of ether oxygens (including phenoxy) is 1. The van der Waals surface area contributed by atoms with Gasteiger partial charge in [0, 0.05) is 19.0 Å². The van der Waals surface area contributed by atoms with Crippen molar-refractivity contribution >= 4 is 11.3 Å². The number of aryl methyl sites for hydroxylation is 1. The molecule has 1 aliphatic heterocycles. The Morgan fingerprint density at radius 1 is 1.56 bits per heavy atom. The van der Waals surface area contributed by atoms with Gasteiger partial charge in [0.15, 0.2) is 0 Å². The molecule has 18 heavy (non-hydrogen) atoms. The van der Waals surface area contributed by atoms with Crippen LogP contribution in [0.4, 0.5) is 0 Å². The summed E-state index contributed by atoms with van der Waals surface area (Å²) in [6, 6.07) is 2.51. The molecule has 96 valence electrons. The van der Waals surface area contributed by atoms with E-state index in [1.807, 2.05) is 6.20 Å². The first-order valence-electron chi connectivity index (χ1n) is 6.22. The van der Waals surface area contributed by atoms with Crippen molar-refractivity contribution in [3.63, 3.8) is 0 Å². The van der Waals surface area contributed by atoms with Gasteiger partial charge in [0.05, 0.1) is 30.0 Å². The number of hydrogen-bond donors (Lipinski definition) is 2. The lowest BCUT2D eigenvalue weighted by atomic mass is 10.2. The molecule has 0 saturated carbocycles. The largest absolute Gasteiger partial charge is 0.379 e. The van der Waals surface area contributed by atoms with Crippen LogP contribution >= 0.6 is 11.3 Å². The summed E-state index contributed by atoms with van der Waals surface area (Å²) in [5.74, 6) is 1.03. The standard InChI is InChI=1S/C13H17N3OS/c1-9-2-5-18-13(9)11-7-15-12(16-11)6-10-8-17-4-3-14-10/h2,5,7,10,14H,3-4,6,8H2,1H3,(H,15,16). The van der Waals surface area contributed by atoms with E-state index in [1.54, 1.807) is 11.3 Å². The molecular formula is C13H17N3OS. The van der Waals surface area contributed by atoms with Crippen molar-refractivity contribution in [1.29, 1.82) is 0 Å². The second-order valence-corrected chi connectivity index (χ2v) is 5.52. The van der Waals surface area contributed by atoms with Crippen LogP contribution in [0, 0.1) is 6.92 Å². The van der Waals surface area contributed by atoms with E-state index in [0.29, 0.717) is 6.04 Å². The quantitative estimate of drug-likeness (QED) is 0.890. The van der Waals surface area contributed by atoms with Crippen LogP contribution in [-0.2, 0) is 11.2 Å². The van der Waals surface area contributed by atoms with Gasteiger partial charge in [0.25, 0.3) is 0 Å². The van der Waals surface area contributed by atoms with E-state index >= 15 is 0 Å². The SMILES string of the molecule is Cc1ccsc1-c1cnc(CC2COCCN2)[nH]1. The lowest BCUT2D eigenvalue weighted by Crippen LogP contribution is -2.42. The fraction of sp³-hybridized carbons (Fsp3) is 0.462. The van der Waals surface area contributed by atoms with Crippen LogP contribution in [0.25, 0.3) is 10.6 Å². The number of nitrogens with zero attached hydrogens (tertiary/aromatic N) is 1. The highest BCUT2D eigenvalue weighted by molar-refractivity contribution is 7.13. The highest BCUT2D eigenvalue weighted by Crippen LogP contribution is 2.27. The molecule has 1 fully saturated rings. The number of thiophene rings is 1. The molecule has 0 aliphatic carbocycles. The first-order valence-corrected chi connectivity index (χ1v) is 7.10. The Kier molecular flexibility index (Phi) is 3.45. The molecule has 0 aromatic carbocycles. The molecule has 2 N–H and O–H groups in total. The minimum atomic E-state index is 0.377. The summed E-state index contributed by atoms with van der Waals surface area (Å²) >= 11 is 1.75. The van der Waals surface area contributed by atoms with Crippen LogP contribution in [0.5, 0.6) is 0 Å². The van der Waals surface area contributed by atoms with Crippen LogP contribution in [0.1, 0.15) is 11.4 Å². The zero-order valence-corrected chi connectivity index (χ0v) is 11.2. The number of aromatic nitrogens is 2. The Bertz CT molecular complexity index is 514. The van der Waals surface area contributed by atoms with E-state index in [9.17, 15) is 0 Å². The number of aromatic amines is 1. The molecule has 4 nitrogen and oxygen atoms in total. The van der Waals surface area contributed by atoms with E-state index in [1.165, 1.54) is 10.4 Å². The van der Waals surface area contributed by atoms with Crippen molar-refractivity contribution in [2.45, 2.75) is 19.4 Å². The van der Waals surface area contributed by atoms with E-state index in [2.05, 4.69) is 33.7 Å². The predicted octanol–water partition coefficient (Wildman–Crippen LogP) is 1.98. The number of nitrogens with one attached hydrogen (secondary N) is 2. The first-order chi connectivity index (χ1) is 8.83. The molecule has 0 bridgehead atoms. The number of rotatable bonds is 3. The second kappa shape index (κ2) is 5.22. The van der Waals surface area contributed by atoms with Gasteiger partial charge in [-0.1, -0.05) is 0 Å². The first kappa shape index (κ1) is 11.9. The molecule has 3 rings (SSSR count). The zero-order chi connectivity index (χ0) is 12.4. The average molecular weight is 263 g/mol. The monoisotopic (exact) mass is 263 g/mol. The molecule has 1 saturated heterocycles. The maximum Gasteiger partial charge on any atom is 0.108 e. The second-order valence-electron chi connectivity index (χ2n) is 4.61. The smallest absolute Gasteiger partial charge is 0.108 e. The van der Waals surface area contributed by atoms with Crippen LogP contribution < -0.4 is 5.32 Å². The Morgan fingerprint density at radius 2 is 2.50 bits per heavy atom. The van der Waals surface area contributed by atoms with Gasteiger partial charge in [0.2, 0.25) is 0 Å². The number of H-pyrrole nitrogens is 1. The van der Waals surface area contributed by atoms with Crippen LogP contribution in [0.2, 0.25) is 0 Å². The highest BCUT2D eigenvalue weighted by Gasteiger charge is 2.15. The maximum absolute atomic E-state index is 5.45. The molecule has 1 aliphatic rings. The summed E-state index contributed by atoms with van der Waals surface area (Å²) in [6.07, 6.45) is 2.82. The lowest BCUT2D eigenvalue weighted by molar-refractivity contribution is 0.0764. The molecular weight excluding hydrogens is 246 g/mol. The Hall–Kier alpha value is -1.17. The van der Waals surface area contributed by atoms with Crippen LogP contribution in [0.3, 0.4) is 0 Å². The summed E-state index contributed by atoms with van der Waals surface area (Å²) in [5.41, 5.74) is 2.42. The molecule has 1 unspecified atom stereocenters. The third kappa shape index (κ3) is 2.48. The van der Waals surface area contributed by atoms with Gasteiger partial charge in [-0.05, 0) is 23.9 Å². The van der Waals surface area contributed by atoms with Crippen molar-refractivity contribution < 1.29 is 4.74 Å². The van der Waals surface area contributed by atoms with Gasteiger partial charge >= 0.3 is 0 Å². The Labute approximate surface area is 110 Å². The fourth-order valence-corrected chi connectivity index (χ4v) is 3.11. The summed E-state index contributed by atoms with van der Waals surface area (Å²) in [4.78, 5) is 9.15. The van der Waals surface area contributed by atoms with Crippen LogP contribution in [0.15, 0.2) is 17.6 Å². The van der Waals surface area contributed by atoms with E-state index < -0.39 is 0 Å². The zero-order valence-electron chi connectivity index (χ0n) is 10.4. The number of imidazole rings is 1. The molecule has 5 heteroatoms. The van der Waals surface area contributed by atoms with Crippen molar-refractivity contribution in [2.24, 2.45) is 0 Å². The van der Waals surface area contributed by atoms with Crippen molar-refractivity contribution in [2.75, 3.05) is 19.8 Å². The number of morpholine rings is 1. The predicted molar refractivity (Wildman–Crippen MR) is 73.0 cm³/mol. The van der Waals surface area contributed by atoms with Gasteiger partial charge in [-0.3, -0.25) is 0 Å². The molecule has 1 atom stereocenters. The lowest BCUT2D eigenvalue weighted by Gasteiger charge is -2.22. The minimum Gasteiger partial charge on any atom is -0.379 e. The third-order valence-corrected chi connectivity index (χ3v) is 4.22. The minimum absolute atomic E-state index is 0.377. The topological polar surface area (TPSA) is 49.9 Å². The van der Waals surface area contributed by atoms with Gasteiger partial charge in [-0.25, -0.2) is 4.98 Å². The van der Waals surface area contributed by atoms with E-state index in [0.717, 1.165) is 37.7 Å². The van der Waals surface area contributed by atoms with Crippen LogP contribution in [-0.4, -0.2) is 35.8 Å². The summed E-state index contributed by atoms with van der Waals surface area (Å²) in [6.45, 7) is 4.65. The Morgan fingerprint density at radius 3 is 3.22 bits per heavy atom. The van der Waals surface area contributed by atoms with Gasteiger partial charge in [-0.2, -0.15) is 0 Å². The summed E-state index contributed by atoms with van der Waals surface area (Å²) in [5, 5.41) is 5.55. The summed E-state index contributed by atoms with van der Waals surface area (Å²) in [7, 11) is 0. The van der Waals surface area contributed by atoms with Crippen molar-refractivity contribution in [3.05, 3.63) is 29.0 Å². The number of hydrogen-bond acceptors (Lipinski definition) is 4. The van der Waals surface area contributed by atoms with E-state index in [-0.39, 0.29) is 0 Å². The molecule has 2 aromatic heterocycles. The molecule has 0 amide bonds. The Balaban J connectivity index is 1.71. The normalized spacial score (nSPS) is 20.2. The molecule has 3 heterocycles. The van der Waals surface area contributed by atoms with Gasteiger partial charge < -0.3 is 15.0 Å². The van der Waals surface area contributed by atoms with Gasteiger partial charge in [-0.15, -0.1) is 11.3 Å². The molecule has 0 radical (unpaired) electrons. The van der Waals surface area contributed by atoms with Crippen molar-refractivity contribution in [3.8, 4) is 10.6 Å². The highest BCUT2D eigenvalue weighted by atomic mass is 32.1.